The second-order valence-electron chi connectivity index (χ2n) is 7.73. The van der Waals surface area contributed by atoms with Crippen molar-refractivity contribution >= 4 is 34.6 Å². The first-order chi connectivity index (χ1) is 14.5. The fourth-order valence-electron chi connectivity index (χ4n) is 3.86. The lowest BCUT2D eigenvalue weighted by atomic mass is 9.88. The SMILES string of the molecule is CN(Cc1ccc(Cl)s1)C(=O)CN1CCC(C(=O)c2ccc3c(c2)OCCO3)CC1. The molecule has 1 aromatic carbocycles. The van der Waals surface area contributed by atoms with Crippen molar-refractivity contribution in [3.63, 3.8) is 0 Å². The van der Waals surface area contributed by atoms with E-state index in [1.54, 1.807) is 11.0 Å². The Morgan fingerprint density at radius 3 is 2.57 bits per heavy atom. The summed E-state index contributed by atoms with van der Waals surface area (Å²) in [7, 11) is 1.81. The third-order valence-electron chi connectivity index (χ3n) is 5.59. The fraction of sp³-hybridized carbons (Fsp3) is 0.455. The number of rotatable bonds is 6. The Bertz CT molecular complexity index is 924. The molecule has 1 fully saturated rings. The van der Waals surface area contributed by atoms with Crippen LogP contribution in [0.3, 0.4) is 0 Å². The third-order valence-corrected chi connectivity index (χ3v) is 6.81. The number of likely N-dealkylation sites (N-methyl/N-ethyl adjacent to an activating group) is 1. The van der Waals surface area contributed by atoms with E-state index in [1.165, 1.54) is 11.3 Å². The molecule has 0 atom stereocenters. The second kappa shape index (κ2) is 9.37. The van der Waals surface area contributed by atoms with Crippen LogP contribution in [0.4, 0.5) is 0 Å². The average Bonchev–Trinajstić information content (AvgIpc) is 3.17. The number of likely N-dealkylation sites (tertiary alicyclic amines) is 1. The van der Waals surface area contributed by atoms with E-state index in [-0.39, 0.29) is 17.6 Å². The lowest BCUT2D eigenvalue weighted by Gasteiger charge is -2.32. The molecule has 8 heteroatoms. The molecule has 4 rings (SSSR count). The van der Waals surface area contributed by atoms with Crippen molar-refractivity contribution in [3.8, 4) is 11.5 Å². The quantitative estimate of drug-likeness (QED) is 0.630. The average molecular weight is 449 g/mol. The van der Waals surface area contributed by atoms with Gasteiger partial charge in [0.1, 0.15) is 13.2 Å². The predicted molar refractivity (Wildman–Crippen MR) is 117 cm³/mol. The zero-order valence-corrected chi connectivity index (χ0v) is 18.5. The summed E-state index contributed by atoms with van der Waals surface area (Å²) in [4.78, 5) is 30.4. The van der Waals surface area contributed by atoms with Crippen LogP contribution in [-0.2, 0) is 11.3 Å². The molecular weight excluding hydrogens is 424 g/mol. The summed E-state index contributed by atoms with van der Waals surface area (Å²) in [6.45, 7) is 3.46. The number of nitrogens with zero attached hydrogens (tertiary/aromatic N) is 2. The summed E-state index contributed by atoms with van der Waals surface area (Å²) in [6, 6.07) is 9.22. The highest BCUT2D eigenvalue weighted by molar-refractivity contribution is 7.16. The van der Waals surface area contributed by atoms with Crippen LogP contribution in [-0.4, -0.2) is 61.4 Å². The fourth-order valence-corrected chi connectivity index (χ4v) is 5.00. The maximum atomic E-state index is 12.9. The number of fused-ring (bicyclic) bond motifs is 1. The minimum absolute atomic E-state index is 0.0232. The molecule has 0 N–H and O–H groups in total. The van der Waals surface area contributed by atoms with Crippen LogP contribution in [0.25, 0.3) is 0 Å². The summed E-state index contributed by atoms with van der Waals surface area (Å²) in [5, 5.41) is 0. The highest BCUT2D eigenvalue weighted by Gasteiger charge is 2.28. The van der Waals surface area contributed by atoms with Crippen molar-refractivity contribution in [2.45, 2.75) is 19.4 Å². The minimum Gasteiger partial charge on any atom is -0.486 e. The second-order valence-corrected chi connectivity index (χ2v) is 9.53. The van der Waals surface area contributed by atoms with Gasteiger partial charge in [0, 0.05) is 23.4 Å². The smallest absolute Gasteiger partial charge is 0.236 e. The van der Waals surface area contributed by atoms with Crippen molar-refractivity contribution in [1.29, 1.82) is 0 Å². The predicted octanol–water partition coefficient (Wildman–Crippen LogP) is 3.73. The van der Waals surface area contributed by atoms with Gasteiger partial charge in [0.2, 0.25) is 5.91 Å². The number of thiophene rings is 1. The van der Waals surface area contributed by atoms with Gasteiger partial charge in [-0.25, -0.2) is 0 Å². The molecule has 2 aliphatic rings. The first-order valence-electron chi connectivity index (χ1n) is 10.1. The topological polar surface area (TPSA) is 59.1 Å². The number of carbonyl (C=O) groups is 2. The number of ketones is 1. The molecule has 6 nitrogen and oxygen atoms in total. The molecule has 0 radical (unpaired) electrons. The van der Waals surface area contributed by atoms with E-state index < -0.39 is 0 Å². The molecule has 1 saturated heterocycles. The molecule has 160 valence electrons. The lowest BCUT2D eigenvalue weighted by molar-refractivity contribution is -0.131. The van der Waals surface area contributed by atoms with Gasteiger partial charge in [-0.2, -0.15) is 0 Å². The van der Waals surface area contributed by atoms with Crippen LogP contribution in [0.5, 0.6) is 11.5 Å². The van der Waals surface area contributed by atoms with Gasteiger partial charge >= 0.3 is 0 Å². The number of benzene rings is 1. The number of ether oxygens (including phenoxy) is 2. The summed E-state index contributed by atoms with van der Waals surface area (Å²) in [5.41, 5.74) is 0.670. The van der Waals surface area contributed by atoms with Crippen molar-refractivity contribution in [3.05, 3.63) is 45.1 Å². The van der Waals surface area contributed by atoms with Gasteiger partial charge in [0.15, 0.2) is 17.3 Å². The number of carbonyl (C=O) groups excluding carboxylic acids is 2. The first-order valence-corrected chi connectivity index (χ1v) is 11.3. The number of halogens is 1. The molecule has 0 aliphatic carbocycles. The Labute approximate surface area is 185 Å². The van der Waals surface area contributed by atoms with Crippen molar-refractivity contribution in [2.24, 2.45) is 5.92 Å². The maximum absolute atomic E-state index is 12.9. The monoisotopic (exact) mass is 448 g/mol. The van der Waals surface area contributed by atoms with Gasteiger partial charge in [-0.1, -0.05) is 11.6 Å². The van der Waals surface area contributed by atoms with Crippen LogP contribution < -0.4 is 9.47 Å². The van der Waals surface area contributed by atoms with Gasteiger partial charge in [-0.15, -0.1) is 11.3 Å². The van der Waals surface area contributed by atoms with Crippen molar-refractivity contribution < 1.29 is 19.1 Å². The van der Waals surface area contributed by atoms with E-state index in [1.807, 2.05) is 31.3 Å². The van der Waals surface area contributed by atoms with Gasteiger partial charge in [-0.3, -0.25) is 14.5 Å². The molecule has 0 bridgehead atoms. The number of amides is 1. The number of hydrogen-bond donors (Lipinski definition) is 0. The zero-order chi connectivity index (χ0) is 21.1. The summed E-state index contributed by atoms with van der Waals surface area (Å²) < 4.78 is 11.9. The lowest BCUT2D eigenvalue weighted by Crippen LogP contribution is -2.43. The number of piperidine rings is 1. The molecule has 1 aromatic heterocycles. The molecular formula is C22H25ClN2O4S. The van der Waals surface area contributed by atoms with Gasteiger partial charge < -0.3 is 14.4 Å². The van der Waals surface area contributed by atoms with Crippen LogP contribution >= 0.6 is 22.9 Å². The van der Waals surface area contributed by atoms with E-state index >= 15 is 0 Å². The molecule has 0 unspecified atom stereocenters. The molecule has 0 saturated carbocycles. The first kappa shape index (κ1) is 21.2. The Balaban J connectivity index is 1.27. The standard InChI is InChI=1S/C22H25ClN2O4S/c1-24(13-17-3-5-20(23)30-17)21(26)14-25-8-6-15(7-9-25)22(27)16-2-4-18-19(12-16)29-11-10-28-18/h2-5,12,15H,6-11,13-14H2,1H3. The molecule has 3 heterocycles. The minimum atomic E-state index is -0.0232. The van der Waals surface area contributed by atoms with E-state index in [0.29, 0.717) is 43.4 Å². The van der Waals surface area contributed by atoms with Crippen LogP contribution in [0.1, 0.15) is 28.1 Å². The Morgan fingerprint density at radius 2 is 1.87 bits per heavy atom. The zero-order valence-electron chi connectivity index (χ0n) is 16.9. The maximum Gasteiger partial charge on any atom is 0.236 e. The molecule has 2 aromatic rings. The number of Topliss-reactive ketones (excluding diaryl/α,β-unsaturated/α-hetero) is 1. The Morgan fingerprint density at radius 1 is 1.13 bits per heavy atom. The van der Waals surface area contributed by atoms with Crippen LogP contribution in [0, 0.1) is 5.92 Å². The summed E-state index contributed by atoms with van der Waals surface area (Å²) in [6.07, 6.45) is 1.51. The van der Waals surface area contributed by atoms with Gasteiger partial charge in [0.25, 0.3) is 0 Å². The Hall–Kier alpha value is -2.09. The molecule has 1 amide bonds. The summed E-state index contributed by atoms with van der Waals surface area (Å²) in [5.74, 6) is 1.54. The Kier molecular flexibility index (Phi) is 6.61. The van der Waals surface area contributed by atoms with E-state index in [0.717, 1.165) is 35.1 Å². The van der Waals surface area contributed by atoms with Crippen molar-refractivity contribution in [1.82, 2.24) is 9.80 Å². The van der Waals surface area contributed by atoms with Crippen molar-refractivity contribution in [2.75, 3.05) is 39.9 Å². The van der Waals surface area contributed by atoms with Gasteiger partial charge in [-0.05, 0) is 56.3 Å². The normalized spacial score (nSPS) is 17.0. The van der Waals surface area contributed by atoms with E-state index in [2.05, 4.69) is 4.90 Å². The highest BCUT2D eigenvalue weighted by Crippen LogP contribution is 2.32. The third kappa shape index (κ3) is 4.96. The highest BCUT2D eigenvalue weighted by atomic mass is 35.5. The molecule has 0 spiro atoms. The number of hydrogen-bond acceptors (Lipinski definition) is 6. The van der Waals surface area contributed by atoms with E-state index in [4.69, 9.17) is 21.1 Å². The molecule has 30 heavy (non-hydrogen) atoms. The summed E-state index contributed by atoms with van der Waals surface area (Å²) >= 11 is 7.46. The van der Waals surface area contributed by atoms with Gasteiger partial charge in [0.05, 0.1) is 17.4 Å². The van der Waals surface area contributed by atoms with Crippen LogP contribution in [0.15, 0.2) is 30.3 Å². The van der Waals surface area contributed by atoms with E-state index in [9.17, 15) is 9.59 Å². The van der Waals surface area contributed by atoms with Crippen LogP contribution in [0.2, 0.25) is 4.34 Å². The molecule has 2 aliphatic heterocycles. The largest absolute Gasteiger partial charge is 0.486 e.